The first-order valence-electron chi connectivity index (χ1n) is 5.00. The first-order valence-corrected chi connectivity index (χ1v) is 5.00. The third-order valence-corrected chi connectivity index (χ3v) is 2.03. The molecule has 3 N–H and O–H groups in total. The molecule has 0 amide bonds. The molecular weight excluding hydrogens is 210 g/mol. The van der Waals surface area contributed by atoms with Crippen molar-refractivity contribution in [2.45, 2.75) is 20.0 Å². The molecule has 0 saturated heterocycles. The van der Waals surface area contributed by atoms with Crippen molar-refractivity contribution >= 4 is 11.4 Å². The van der Waals surface area contributed by atoms with Crippen molar-refractivity contribution in [2.24, 2.45) is 5.84 Å². The molecular formula is C10H15N3O3. The van der Waals surface area contributed by atoms with Crippen molar-refractivity contribution in [3.05, 3.63) is 33.9 Å². The third kappa shape index (κ3) is 3.18. The maximum atomic E-state index is 10.7. The minimum atomic E-state index is -0.474. The van der Waals surface area contributed by atoms with E-state index in [4.69, 9.17) is 10.6 Å². The molecule has 88 valence electrons. The summed E-state index contributed by atoms with van der Waals surface area (Å²) in [5.74, 6) is 5.17. The van der Waals surface area contributed by atoms with Gasteiger partial charge in [-0.3, -0.25) is 16.0 Å². The fraction of sp³-hybridized carbons (Fsp3) is 0.400. The molecule has 16 heavy (non-hydrogen) atoms. The van der Waals surface area contributed by atoms with E-state index in [1.807, 2.05) is 6.92 Å². The van der Waals surface area contributed by atoms with Gasteiger partial charge in [-0.05, 0) is 18.1 Å². The van der Waals surface area contributed by atoms with E-state index in [1.165, 1.54) is 6.07 Å². The number of rotatable bonds is 6. The number of nitrogen functional groups attached to an aromatic ring is 1. The number of nitrogens with two attached hydrogens (primary N) is 1. The van der Waals surface area contributed by atoms with E-state index in [0.29, 0.717) is 18.9 Å². The van der Waals surface area contributed by atoms with E-state index in [9.17, 15) is 10.1 Å². The van der Waals surface area contributed by atoms with E-state index in [-0.39, 0.29) is 5.69 Å². The highest BCUT2D eigenvalue weighted by molar-refractivity contribution is 5.61. The van der Waals surface area contributed by atoms with E-state index in [2.05, 4.69) is 5.43 Å². The predicted octanol–water partition coefficient (Wildman–Crippen LogP) is 1.81. The Kier molecular flexibility index (Phi) is 4.68. The monoisotopic (exact) mass is 225 g/mol. The van der Waals surface area contributed by atoms with E-state index < -0.39 is 4.92 Å². The Bertz CT molecular complexity index is 368. The van der Waals surface area contributed by atoms with Gasteiger partial charge in [-0.2, -0.15) is 0 Å². The maximum Gasteiger partial charge on any atom is 0.294 e. The zero-order chi connectivity index (χ0) is 12.0. The number of nitrogens with zero attached hydrogens (tertiary/aromatic N) is 1. The van der Waals surface area contributed by atoms with E-state index in [0.717, 1.165) is 12.0 Å². The van der Waals surface area contributed by atoms with Gasteiger partial charge in [0.25, 0.3) is 5.69 Å². The van der Waals surface area contributed by atoms with Crippen molar-refractivity contribution in [2.75, 3.05) is 12.0 Å². The zero-order valence-corrected chi connectivity index (χ0v) is 9.10. The Morgan fingerprint density at radius 3 is 2.88 bits per heavy atom. The van der Waals surface area contributed by atoms with Crippen molar-refractivity contribution in [1.82, 2.24) is 0 Å². The summed E-state index contributed by atoms with van der Waals surface area (Å²) in [6.07, 6.45) is 0.921. The molecule has 0 radical (unpaired) electrons. The van der Waals surface area contributed by atoms with Gasteiger partial charge in [0, 0.05) is 12.7 Å². The summed E-state index contributed by atoms with van der Waals surface area (Å²) in [7, 11) is 0. The molecule has 0 unspecified atom stereocenters. The number of nitro groups is 1. The number of hydrazine groups is 1. The van der Waals surface area contributed by atoms with Gasteiger partial charge >= 0.3 is 0 Å². The second kappa shape index (κ2) is 6.04. The quantitative estimate of drug-likeness (QED) is 0.333. The van der Waals surface area contributed by atoms with Crippen LogP contribution in [-0.2, 0) is 11.3 Å². The lowest BCUT2D eigenvalue weighted by atomic mass is 10.2. The number of hydrogen-bond acceptors (Lipinski definition) is 5. The smallest absolute Gasteiger partial charge is 0.294 e. The first kappa shape index (κ1) is 12.4. The summed E-state index contributed by atoms with van der Waals surface area (Å²) >= 11 is 0. The summed E-state index contributed by atoms with van der Waals surface area (Å²) in [5.41, 5.74) is 3.31. The average Bonchev–Trinajstić information content (AvgIpc) is 2.29. The molecule has 0 aromatic heterocycles. The number of benzene rings is 1. The van der Waals surface area contributed by atoms with Crippen LogP contribution in [0.1, 0.15) is 18.9 Å². The van der Waals surface area contributed by atoms with Crippen LogP contribution in [0.2, 0.25) is 0 Å². The molecule has 0 fully saturated rings. The highest BCUT2D eigenvalue weighted by Crippen LogP contribution is 2.24. The average molecular weight is 225 g/mol. The number of nitro benzene ring substituents is 1. The molecule has 6 heteroatoms. The Labute approximate surface area is 93.5 Å². The molecule has 0 aliphatic rings. The van der Waals surface area contributed by atoms with Crippen LogP contribution in [0, 0.1) is 10.1 Å². The highest BCUT2D eigenvalue weighted by atomic mass is 16.6. The van der Waals surface area contributed by atoms with Crippen LogP contribution in [0.3, 0.4) is 0 Å². The van der Waals surface area contributed by atoms with Crippen LogP contribution in [0.25, 0.3) is 0 Å². The van der Waals surface area contributed by atoms with Gasteiger partial charge in [-0.25, -0.2) is 0 Å². The lowest BCUT2D eigenvalue weighted by Gasteiger charge is -2.05. The molecule has 0 spiro atoms. The summed E-state index contributed by atoms with van der Waals surface area (Å²) < 4.78 is 5.30. The van der Waals surface area contributed by atoms with Crippen molar-refractivity contribution in [3.63, 3.8) is 0 Å². The van der Waals surface area contributed by atoms with Gasteiger partial charge in [0.1, 0.15) is 5.69 Å². The summed E-state index contributed by atoms with van der Waals surface area (Å²) in [6.45, 7) is 3.02. The summed E-state index contributed by atoms with van der Waals surface area (Å²) in [6, 6.07) is 4.78. The van der Waals surface area contributed by atoms with Crippen LogP contribution in [-0.4, -0.2) is 11.5 Å². The topological polar surface area (TPSA) is 90.4 Å². The fourth-order valence-corrected chi connectivity index (χ4v) is 1.27. The molecule has 1 rings (SSSR count). The van der Waals surface area contributed by atoms with Gasteiger partial charge < -0.3 is 10.2 Å². The van der Waals surface area contributed by atoms with Crippen LogP contribution in [0.5, 0.6) is 0 Å². The lowest BCUT2D eigenvalue weighted by Crippen LogP contribution is -2.09. The molecule has 6 nitrogen and oxygen atoms in total. The van der Waals surface area contributed by atoms with Crippen molar-refractivity contribution < 1.29 is 9.66 Å². The normalized spacial score (nSPS) is 10.1. The Balaban J connectivity index is 2.81. The predicted molar refractivity (Wildman–Crippen MR) is 60.9 cm³/mol. The van der Waals surface area contributed by atoms with Crippen molar-refractivity contribution in [1.29, 1.82) is 0 Å². The van der Waals surface area contributed by atoms with Crippen LogP contribution in [0.4, 0.5) is 11.4 Å². The SMILES string of the molecule is CCCOCc1ccc(NN)c([N+](=O)[O-])c1. The Morgan fingerprint density at radius 1 is 1.56 bits per heavy atom. The van der Waals surface area contributed by atoms with E-state index >= 15 is 0 Å². The number of ether oxygens (including phenoxy) is 1. The maximum absolute atomic E-state index is 10.7. The highest BCUT2D eigenvalue weighted by Gasteiger charge is 2.13. The van der Waals surface area contributed by atoms with Gasteiger partial charge in [-0.15, -0.1) is 0 Å². The molecule has 1 aromatic carbocycles. The summed E-state index contributed by atoms with van der Waals surface area (Å²) in [4.78, 5) is 10.3. The number of anilines is 1. The van der Waals surface area contributed by atoms with Gasteiger partial charge in [0.15, 0.2) is 0 Å². The lowest BCUT2D eigenvalue weighted by molar-refractivity contribution is -0.384. The van der Waals surface area contributed by atoms with Crippen LogP contribution in [0.15, 0.2) is 18.2 Å². The van der Waals surface area contributed by atoms with Crippen LogP contribution < -0.4 is 11.3 Å². The molecule has 0 atom stereocenters. The molecule has 0 saturated carbocycles. The largest absolute Gasteiger partial charge is 0.377 e. The standard InChI is InChI=1S/C10H15N3O3/c1-2-5-16-7-8-3-4-9(12-11)10(6-8)13(14)15/h3-4,6,12H,2,5,7,11H2,1H3. The number of hydrogen-bond donors (Lipinski definition) is 2. The Hall–Kier alpha value is -1.66. The van der Waals surface area contributed by atoms with E-state index in [1.54, 1.807) is 12.1 Å². The molecule has 0 aliphatic carbocycles. The Morgan fingerprint density at radius 2 is 2.31 bits per heavy atom. The van der Waals surface area contributed by atoms with Crippen LogP contribution >= 0.6 is 0 Å². The second-order valence-electron chi connectivity index (χ2n) is 3.31. The fourth-order valence-electron chi connectivity index (χ4n) is 1.27. The third-order valence-electron chi connectivity index (χ3n) is 2.03. The van der Waals surface area contributed by atoms with Gasteiger partial charge in [0.2, 0.25) is 0 Å². The molecule has 0 aliphatic heterocycles. The second-order valence-corrected chi connectivity index (χ2v) is 3.31. The van der Waals surface area contributed by atoms with Gasteiger partial charge in [0.05, 0.1) is 11.5 Å². The van der Waals surface area contributed by atoms with Crippen molar-refractivity contribution in [3.8, 4) is 0 Å². The summed E-state index contributed by atoms with van der Waals surface area (Å²) in [5, 5.41) is 10.7. The minimum Gasteiger partial charge on any atom is -0.377 e. The molecule has 0 heterocycles. The zero-order valence-electron chi connectivity index (χ0n) is 9.10. The molecule has 1 aromatic rings. The number of nitrogens with one attached hydrogen (secondary N) is 1. The van der Waals surface area contributed by atoms with Gasteiger partial charge in [-0.1, -0.05) is 13.0 Å². The first-order chi connectivity index (χ1) is 7.69. The molecule has 0 bridgehead atoms. The minimum absolute atomic E-state index is 0.0416.